The third kappa shape index (κ3) is 5.16. The van der Waals surface area contributed by atoms with Crippen molar-refractivity contribution in [2.75, 3.05) is 7.11 Å². The number of hydrogen-bond donors (Lipinski definition) is 2. The molecule has 7 nitrogen and oxygen atoms in total. The Morgan fingerprint density at radius 3 is 2.53 bits per heavy atom. The number of aryl methyl sites for hydroxylation is 1. The number of rotatable bonds is 7. The molecule has 1 aromatic rings. The van der Waals surface area contributed by atoms with Crippen molar-refractivity contribution in [3.63, 3.8) is 0 Å². The van der Waals surface area contributed by atoms with Gasteiger partial charge in [-0.3, -0.25) is 4.79 Å². The molecule has 1 saturated carbocycles. The highest BCUT2D eigenvalue weighted by atomic mass is 19.4. The van der Waals surface area contributed by atoms with E-state index in [1.807, 2.05) is 5.32 Å². The molecular weight excluding hydrogens is 429 g/mol. The minimum Gasteiger partial charge on any atom is -0.497 e. The highest BCUT2D eigenvalue weighted by molar-refractivity contribution is 6.07. The molecule has 3 rings (SSSR count). The van der Waals surface area contributed by atoms with E-state index in [4.69, 9.17) is 4.74 Å². The molecule has 1 saturated heterocycles. The third-order valence-electron chi connectivity index (χ3n) is 6.32. The van der Waals surface area contributed by atoms with E-state index in [0.29, 0.717) is 42.8 Å². The van der Waals surface area contributed by atoms with E-state index in [0.717, 1.165) is 12.0 Å². The van der Waals surface area contributed by atoms with Gasteiger partial charge in [-0.15, -0.1) is 0 Å². The Kier molecular flexibility index (Phi) is 7.30. The molecule has 2 aliphatic rings. The smallest absolute Gasteiger partial charge is 0.408 e. The topological polar surface area (TPSA) is 95.9 Å². The van der Waals surface area contributed by atoms with Crippen LogP contribution < -0.4 is 10.1 Å². The van der Waals surface area contributed by atoms with Gasteiger partial charge in [0.2, 0.25) is 5.91 Å². The minimum absolute atomic E-state index is 0.151. The number of halogens is 3. The summed E-state index contributed by atoms with van der Waals surface area (Å²) in [5.74, 6) is -3.35. The van der Waals surface area contributed by atoms with Gasteiger partial charge in [-0.05, 0) is 49.3 Å². The Bertz CT molecular complexity index is 854. The normalized spacial score (nSPS) is 22.8. The Morgan fingerprint density at radius 2 is 1.94 bits per heavy atom. The van der Waals surface area contributed by atoms with Crippen molar-refractivity contribution in [1.29, 1.82) is 0 Å². The van der Waals surface area contributed by atoms with Crippen molar-refractivity contribution in [3.8, 4) is 5.75 Å². The summed E-state index contributed by atoms with van der Waals surface area (Å²) >= 11 is 0. The summed E-state index contributed by atoms with van der Waals surface area (Å²) in [5.41, 5.74) is 0.818. The van der Waals surface area contributed by atoms with E-state index >= 15 is 0 Å². The fourth-order valence-corrected chi connectivity index (χ4v) is 4.63. The number of urea groups is 1. The molecule has 0 radical (unpaired) electrons. The van der Waals surface area contributed by atoms with Crippen LogP contribution in [0.3, 0.4) is 0 Å². The summed E-state index contributed by atoms with van der Waals surface area (Å²) in [5, 5.41) is 11.5. The predicted octanol–water partition coefficient (Wildman–Crippen LogP) is 3.76. The van der Waals surface area contributed by atoms with Gasteiger partial charge in [0.1, 0.15) is 11.8 Å². The number of carboxylic acids is 1. The second kappa shape index (κ2) is 9.79. The number of ether oxygens (including phenoxy) is 1. The number of nitrogens with one attached hydrogen (secondary N) is 1. The fraction of sp³-hybridized carbons (Fsp3) is 0.591. The van der Waals surface area contributed by atoms with Crippen molar-refractivity contribution in [3.05, 3.63) is 29.8 Å². The zero-order chi connectivity index (χ0) is 23.5. The van der Waals surface area contributed by atoms with Gasteiger partial charge in [0.15, 0.2) is 6.04 Å². The number of benzene rings is 1. The summed E-state index contributed by atoms with van der Waals surface area (Å²) in [6, 6.07) is 2.15. The number of hydrogen-bond acceptors (Lipinski definition) is 4. The number of alkyl halides is 3. The highest BCUT2D eigenvalue weighted by Crippen LogP contribution is 2.36. The number of carboxylic acid groups (broad SMARTS) is 1. The summed E-state index contributed by atoms with van der Waals surface area (Å²) in [6.45, 7) is 0. The van der Waals surface area contributed by atoms with Crippen LogP contribution in [-0.2, 0) is 16.0 Å². The second-order valence-corrected chi connectivity index (χ2v) is 8.35. The van der Waals surface area contributed by atoms with Crippen molar-refractivity contribution in [2.24, 2.45) is 11.8 Å². The number of carbonyl (C=O) groups is 3. The van der Waals surface area contributed by atoms with Crippen molar-refractivity contribution < 1.29 is 37.4 Å². The molecule has 3 amide bonds. The van der Waals surface area contributed by atoms with Gasteiger partial charge < -0.3 is 15.2 Å². The molecule has 2 fully saturated rings. The van der Waals surface area contributed by atoms with E-state index in [1.165, 1.54) is 7.11 Å². The molecule has 10 heteroatoms. The molecule has 0 aromatic heterocycles. The molecule has 2 N–H and O–H groups in total. The van der Waals surface area contributed by atoms with Crippen LogP contribution in [0.5, 0.6) is 5.75 Å². The monoisotopic (exact) mass is 456 g/mol. The first kappa shape index (κ1) is 23.9. The van der Waals surface area contributed by atoms with E-state index in [1.54, 1.807) is 24.3 Å². The van der Waals surface area contributed by atoms with Gasteiger partial charge in [-0.2, -0.15) is 13.2 Å². The van der Waals surface area contributed by atoms with Gasteiger partial charge in [-0.25, -0.2) is 14.5 Å². The first-order chi connectivity index (χ1) is 15.1. The molecule has 1 heterocycles. The maximum atomic E-state index is 13.6. The predicted molar refractivity (Wildman–Crippen MR) is 108 cm³/mol. The quantitative estimate of drug-likeness (QED) is 0.609. The molecule has 0 spiro atoms. The van der Waals surface area contributed by atoms with Crippen molar-refractivity contribution in [1.82, 2.24) is 10.2 Å². The van der Waals surface area contributed by atoms with Crippen molar-refractivity contribution >= 4 is 17.9 Å². The number of likely N-dealkylation sites (tertiary alicyclic amines) is 1. The van der Waals surface area contributed by atoms with Crippen LogP contribution >= 0.6 is 0 Å². The number of carbonyl (C=O) groups excluding carboxylic acids is 2. The molecule has 1 aliphatic heterocycles. The Labute approximate surface area is 183 Å². The summed E-state index contributed by atoms with van der Waals surface area (Å²) in [7, 11) is 1.51. The lowest BCUT2D eigenvalue weighted by molar-refractivity contribution is -0.173. The number of β-lactam (4-membered cyclic amide) rings is 1. The largest absolute Gasteiger partial charge is 0.497 e. The zero-order valence-electron chi connectivity index (χ0n) is 17.7. The molecule has 0 bridgehead atoms. The number of imide groups is 1. The van der Waals surface area contributed by atoms with Crippen LogP contribution in [0.2, 0.25) is 0 Å². The highest BCUT2D eigenvalue weighted by Gasteiger charge is 2.56. The maximum Gasteiger partial charge on any atom is 0.408 e. The molecular formula is C22H27F3N2O5. The number of nitrogens with zero attached hydrogens (tertiary/aromatic N) is 1. The number of methoxy groups -OCH3 is 1. The SMILES string of the molecule is COc1cccc(CC[C@H]2C(=O)N(C(=O)NC(C3CCCCC3)C(F)(F)F)[C@@H]2C(=O)O)c1. The first-order valence-corrected chi connectivity index (χ1v) is 10.7. The summed E-state index contributed by atoms with van der Waals surface area (Å²) in [4.78, 5) is 37.3. The van der Waals surface area contributed by atoms with Crippen LogP contribution in [0.4, 0.5) is 18.0 Å². The van der Waals surface area contributed by atoms with Crippen molar-refractivity contribution in [2.45, 2.75) is 63.2 Å². The number of amides is 3. The number of aliphatic carboxylic acids is 1. The summed E-state index contributed by atoms with van der Waals surface area (Å²) < 4.78 is 45.9. The van der Waals surface area contributed by atoms with Gasteiger partial charge in [0, 0.05) is 0 Å². The zero-order valence-corrected chi connectivity index (χ0v) is 17.7. The molecule has 1 aliphatic carbocycles. The van der Waals surface area contributed by atoms with E-state index in [-0.39, 0.29) is 6.42 Å². The van der Waals surface area contributed by atoms with E-state index in [2.05, 4.69) is 0 Å². The Balaban J connectivity index is 1.67. The maximum absolute atomic E-state index is 13.6. The second-order valence-electron chi connectivity index (χ2n) is 8.35. The average Bonchev–Trinajstić information content (AvgIpc) is 2.75. The van der Waals surface area contributed by atoms with Crippen LogP contribution in [0.25, 0.3) is 0 Å². The van der Waals surface area contributed by atoms with Gasteiger partial charge in [-0.1, -0.05) is 31.4 Å². The van der Waals surface area contributed by atoms with Crippen LogP contribution in [0.1, 0.15) is 44.1 Å². The van der Waals surface area contributed by atoms with Crippen LogP contribution in [0, 0.1) is 11.8 Å². The molecule has 32 heavy (non-hydrogen) atoms. The average molecular weight is 456 g/mol. The minimum atomic E-state index is -4.68. The van der Waals surface area contributed by atoms with E-state index in [9.17, 15) is 32.7 Å². The molecule has 3 atom stereocenters. The van der Waals surface area contributed by atoms with E-state index < -0.39 is 48.0 Å². The standard InChI is InChI=1S/C22H27F3N2O5/c1-32-15-9-5-6-13(12-15)10-11-16-17(20(29)30)27(19(16)28)21(31)26-18(22(23,24)25)14-7-3-2-4-8-14/h5-6,9,12,14,16-18H,2-4,7-8,10-11H2,1H3,(H,26,31)(H,29,30)/t16-,17+,18?/m1/s1. The fourth-order valence-electron chi connectivity index (χ4n) is 4.63. The van der Waals surface area contributed by atoms with Gasteiger partial charge in [0.05, 0.1) is 13.0 Å². The molecule has 176 valence electrons. The lowest BCUT2D eigenvalue weighted by atomic mass is 9.82. The third-order valence-corrected chi connectivity index (χ3v) is 6.32. The molecule has 1 unspecified atom stereocenters. The summed E-state index contributed by atoms with van der Waals surface area (Å²) in [6.07, 6.45) is -1.41. The Morgan fingerprint density at radius 1 is 1.25 bits per heavy atom. The lowest BCUT2D eigenvalue weighted by Gasteiger charge is -2.44. The first-order valence-electron chi connectivity index (χ1n) is 10.7. The lowest BCUT2D eigenvalue weighted by Crippen LogP contribution is -2.69. The Hall–Kier alpha value is -2.78. The van der Waals surface area contributed by atoms with Crippen LogP contribution in [0.15, 0.2) is 24.3 Å². The van der Waals surface area contributed by atoms with Gasteiger partial charge >= 0.3 is 18.2 Å². The van der Waals surface area contributed by atoms with Crippen LogP contribution in [-0.4, -0.2) is 53.3 Å². The molecule has 1 aromatic carbocycles. The van der Waals surface area contributed by atoms with Gasteiger partial charge in [0.25, 0.3) is 0 Å².